The van der Waals surface area contributed by atoms with E-state index in [0.29, 0.717) is 46.2 Å². The second kappa shape index (κ2) is 13.1. The van der Waals surface area contributed by atoms with E-state index < -0.39 is 5.97 Å². The third-order valence-electron chi connectivity index (χ3n) is 7.75. The zero-order valence-corrected chi connectivity index (χ0v) is 25.6. The number of nitrogen functional groups attached to an aromatic ring is 1. The number of amides is 1. The molecule has 9 nitrogen and oxygen atoms in total. The number of carbonyl (C=O) groups excluding carboxylic acids is 1. The van der Waals surface area contributed by atoms with E-state index >= 15 is 0 Å². The molecule has 3 heterocycles. The second-order valence-corrected chi connectivity index (χ2v) is 12.4. The van der Waals surface area contributed by atoms with Crippen molar-refractivity contribution in [2.24, 2.45) is 0 Å². The molecule has 11 heteroatoms. The van der Waals surface area contributed by atoms with Gasteiger partial charge in [-0.15, -0.1) is 0 Å². The minimum Gasteiger partial charge on any atom is -0.492 e. The number of nitrogens with two attached hydrogens (primary N) is 1. The Kier molecular flexibility index (Phi) is 8.87. The van der Waals surface area contributed by atoms with Gasteiger partial charge in [-0.05, 0) is 86.5 Å². The molecule has 0 bridgehead atoms. The summed E-state index contributed by atoms with van der Waals surface area (Å²) in [5, 5.41) is 9.94. The van der Waals surface area contributed by atoms with Crippen LogP contribution in [0, 0.1) is 0 Å². The fourth-order valence-electron chi connectivity index (χ4n) is 5.34. The van der Waals surface area contributed by atoms with Crippen LogP contribution in [0.3, 0.4) is 0 Å². The van der Waals surface area contributed by atoms with Gasteiger partial charge in [-0.25, -0.2) is 14.8 Å². The predicted octanol–water partition coefficient (Wildman–Crippen LogP) is 5.50. The zero-order chi connectivity index (χ0) is 30.6. The maximum absolute atomic E-state index is 13.5. The summed E-state index contributed by atoms with van der Waals surface area (Å²) in [5.74, 6) is 0.391. The van der Waals surface area contributed by atoms with Crippen LogP contribution in [0.4, 0.5) is 5.82 Å². The fourth-order valence-corrected chi connectivity index (χ4v) is 6.64. The fraction of sp³-hybridized carbons (Fsp3) is 0.242. The van der Waals surface area contributed by atoms with Crippen LogP contribution >= 0.6 is 24.0 Å². The summed E-state index contributed by atoms with van der Waals surface area (Å²) in [6.45, 7) is 3.92. The Labute approximate surface area is 264 Å². The van der Waals surface area contributed by atoms with Gasteiger partial charge in [0.15, 0.2) is 5.82 Å². The van der Waals surface area contributed by atoms with E-state index in [9.17, 15) is 9.59 Å². The van der Waals surface area contributed by atoms with Gasteiger partial charge < -0.3 is 15.6 Å². The molecular formula is C33H31N5O4S2. The molecule has 1 amide bonds. The number of anilines is 1. The monoisotopic (exact) mass is 625 g/mol. The minimum atomic E-state index is -0.974. The van der Waals surface area contributed by atoms with Crippen LogP contribution in [0.1, 0.15) is 34.3 Å². The van der Waals surface area contributed by atoms with Gasteiger partial charge >= 0.3 is 5.97 Å². The van der Waals surface area contributed by atoms with Gasteiger partial charge in [-0.1, -0.05) is 48.2 Å². The molecule has 0 saturated carbocycles. The van der Waals surface area contributed by atoms with Crippen molar-refractivity contribution in [1.82, 2.24) is 19.8 Å². The van der Waals surface area contributed by atoms with Crippen molar-refractivity contribution in [1.29, 1.82) is 0 Å². The Morgan fingerprint density at radius 3 is 2.59 bits per heavy atom. The normalized spacial score (nSPS) is 16.4. The lowest BCUT2D eigenvalue weighted by Gasteiger charge is -2.16. The van der Waals surface area contributed by atoms with E-state index in [4.69, 9.17) is 32.8 Å². The van der Waals surface area contributed by atoms with Crippen molar-refractivity contribution in [2.75, 3.05) is 38.5 Å². The summed E-state index contributed by atoms with van der Waals surface area (Å²) in [6.07, 6.45) is 4.79. The van der Waals surface area contributed by atoms with Gasteiger partial charge in [0, 0.05) is 29.6 Å². The van der Waals surface area contributed by atoms with Crippen LogP contribution in [-0.4, -0.2) is 73.9 Å². The molecule has 44 heavy (non-hydrogen) atoms. The molecule has 3 aromatic carbocycles. The van der Waals surface area contributed by atoms with Gasteiger partial charge in [0.1, 0.15) is 22.5 Å². The first-order chi connectivity index (χ1) is 21.4. The van der Waals surface area contributed by atoms with Crippen molar-refractivity contribution >= 4 is 63.0 Å². The SMILES string of the molecule is Nc1nc(-c2ccc(OCCN3CCCC3)c(/C=C3\SC(=S)N(CCc4ccc(C(=O)O)cc4)C3=O)c2)nc2ccccc12. The Bertz CT molecular complexity index is 1770. The van der Waals surface area contributed by atoms with E-state index in [1.165, 1.54) is 24.6 Å². The molecule has 6 rings (SSSR count). The number of fused-ring (bicyclic) bond motifs is 1. The largest absolute Gasteiger partial charge is 0.492 e. The quantitative estimate of drug-likeness (QED) is 0.173. The Morgan fingerprint density at radius 1 is 1.05 bits per heavy atom. The van der Waals surface area contributed by atoms with Crippen molar-refractivity contribution in [3.8, 4) is 17.1 Å². The van der Waals surface area contributed by atoms with Crippen LogP contribution in [0.15, 0.2) is 71.6 Å². The Morgan fingerprint density at radius 2 is 1.82 bits per heavy atom. The number of benzene rings is 3. The first-order valence-electron chi connectivity index (χ1n) is 14.4. The number of aromatic carboxylic acids is 1. The highest BCUT2D eigenvalue weighted by molar-refractivity contribution is 8.26. The molecule has 2 fully saturated rings. The van der Waals surface area contributed by atoms with Gasteiger partial charge in [0.25, 0.3) is 5.91 Å². The van der Waals surface area contributed by atoms with Crippen LogP contribution in [0.5, 0.6) is 5.75 Å². The van der Waals surface area contributed by atoms with E-state index in [2.05, 4.69) is 9.88 Å². The van der Waals surface area contributed by atoms with Gasteiger partial charge in [-0.2, -0.15) is 0 Å². The number of carboxylic acids is 1. The Hall–Kier alpha value is -4.32. The molecule has 224 valence electrons. The minimum absolute atomic E-state index is 0.179. The number of thioether (sulfide) groups is 1. The summed E-state index contributed by atoms with van der Waals surface area (Å²) in [4.78, 5) is 38.4. The maximum Gasteiger partial charge on any atom is 0.335 e. The molecule has 0 spiro atoms. The second-order valence-electron chi connectivity index (χ2n) is 10.7. The molecule has 2 aliphatic rings. The van der Waals surface area contributed by atoms with Crippen LogP contribution in [0.25, 0.3) is 28.4 Å². The van der Waals surface area contributed by atoms with Crippen LogP contribution < -0.4 is 10.5 Å². The topological polar surface area (TPSA) is 122 Å². The molecule has 3 N–H and O–H groups in total. The predicted molar refractivity (Wildman–Crippen MR) is 178 cm³/mol. The third kappa shape index (κ3) is 6.59. The molecule has 2 aliphatic heterocycles. The van der Waals surface area contributed by atoms with Crippen molar-refractivity contribution in [2.45, 2.75) is 19.3 Å². The molecule has 0 unspecified atom stereocenters. The Balaban J connectivity index is 1.26. The molecular weight excluding hydrogens is 595 g/mol. The van der Waals surface area contributed by atoms with E-state index in [1.54, 1.807) is 29.2 Å². The lowest BCUT2D eigenvalue weighted by molar-refractivity contribution is -0.122. The highest BCUT2D eigenvalue weighted by Gasteiger charge is 2.32. The molecule has 1 aromatic heterocycles. The third-order valence-corrected chi connectivity index (χ3v) is 9.13. The number of rotatable bonds is 10. The average molecular weight is 626 g/mol. The smallest absolute Gasteiger partial charge is 0.335 e. The zero-order valence-electron chi connectivity index (χ0n) is 23.9. The van der Waals surface area contributed by atoms with Gasteiger partial charge in [-0.3, -0.25) is 14.6 Å². The van der Waals surface area contributed by atoms with E-state index in [-0.39, 0.29) is 11.5 Å². The number of carbonyl (C=O) groups is 2. The summed E-state index contributed by atoms with van der Waals surface area (Å²) < 4.78 is 6.73. The van der Waals surface area contributed by atoms with Crippen LogP contribution in [0.2, 0.25) is 0 Å². The average Bonchev–Trinajstić information content (AvgIpc) is 3.64. The number of hydrogen-bond acceptors (Lipinski definition) is 9. The van der Waals surface area contributed by atoms with Crippen molar-refractivity contribution in [3.05, 3.63) is 88.3 Å². The molecule has 0 atom stereocenters. The summed E-state index contributed by atoms with van der Waals surface area (Å²) >= 11 is 6.84. The number of nitrogens with zero attached hydrogens (tertiary/aromatic N) is 4. The van der Waals surface area contributed by atoms with Crippen LogP contribution in [-0.2, 0) is 11.2 Å². The van der Waals surface area contributed by atoms with Gasteiger partial charge in [0.2, 0.25) is 0 Å². The maximum atomic E-state index is 13.5. The number of likely N-dealkylation sites (tertiary alicyclic amines) is 1. The first kappa shape index (κ1) is 29.7. The highest BCUT2D eigenvalue weighted by Crippen LogP contribution is 2.36. The number of hydrogen-bond donors (Lipinski definition) is 2. The number of thiocarbonyl (C=S) groups is 1. The van der Waals surface area contributed by atoms with E-state index in [1.807, 2.05) is 48.5 Å². The highest BCUT2D eigenvalue weighted by atomic mass is 32.2. The molecule has 2 saturated heterocycles. The lowest BCUT2D eigenvalue weighted by atomic mass is 10.1. The standard InChI is InChI=1S/C33H31N5O4S2/c34-29-25-5-1-2-6-26(25)35-30(36-29)23-11-12-27(42-18-17-37-14-3-4-15-37)24(19-23)20-28-31(39)38(33(43)44-28)16-13-21-7-9-22(10-8-21)32(40)41/h1-2,5-12,19-20H,3-4,13-18H2,(H,40,41)(H2,34,35,36)/b28-20-. The molecule has 0 radical (unpaired) electrons. The summed E-state index contributed by atoms with van der Waals surface area (Å²) in [7, 11) is 0. The summed E-state index contributed by atoms with van der Waals surface area (Å²) in [5.41, 5.74) is 9.64. The molecule has 0 aliphatic carbocycles. The number of ether oxygens (including phenoxy) is 1. The first-order valence-corrected chi connectivity index (χ1v) is 15.7. The molecule has 4 aromatic rings. The van der Waals surface area contributed by atoms with Crippen molar-refractivity contribution in [3.63, 3.8) is 0 Å². The number of para-hydroxylation sites is 1. The number of carboxylic acid groups (broad SMARTS) is 1. The number of aromatic nitrogens is 2. The van der Waals surface area contributed by atoms with E-state index in [0.717, 1.165) is 47.2 Å². The van der Waals surface area contributed by atoms with Crippen molar-refractivity contribution < 1.29 is 19.4 Å². The van der Waals surface area contributed by atoms with Gasteiger partial charge in [0.05, 0.1) is 16.0 Å². The lowest BCUT2D eigenvalue weighted by Crippen LogP contribution is -2.30. The summed E-state index contributed by atoms with van der Waals surface area (Å²) in [6, 6.07) is 20.0.